The molecular weight excluding hydrogens is 518 g/mol. The zero-order valence-electron chi connectivity index (χ0n) is 16.9. The second-order valence-corrected chi connectivity index (χ2v) is 10.6. The molecule has 2 unspecified atom stereocenters. The lowest BCUT2D eigenvalue weighted by molar-refractivity contribution is -0.148. The van der Waals surface area contributed by atoms with Crippen molar-refractivity contribution in [3.63, 3.8) is 0 Å². The van der Waals surface area contributed by atoms with Crippen molar-refractivity contribution in [3.05, 3.63) is 0 Å². The molecule has 2 atom stereocenters. The Hall–Kier alpha value is -2.88. The highest BCUT2D eigenvalue weighted by atomic mass is 31.2. The highest BCUT2D eigenvalue weighted by molar-refractivity contribution is 7.55. The van der Waals surface area contributed by atoms with Crippen molar-refractivity contribution in [2.75, 3.05) is 0 Å². The van der Waals surface area contributed by atoms with E-state index in [1.165, 1.54) is 0 Å². The van der Waals surface area contributed by atoms with Crippen molar-refractivity contribution in [3.8, 4) is 0 Å². The normalized spacial score (nSPS) is 14.9. The Bertz CT molecular complexity index is 840. The van der Waals surface area contributed by atoms with Gasteiger partial charge in [-0.05, 0) is 12.8 Å². The van der Waals surface area contributed by atoms with E-state index in [-0.39, 0.29) is 0 Å². The summed E-state index contributed by atoms with van der Waals surface area (Å²) in [6, 6.07) is 0. The summed E-state index contributed by atoms with van der Waals surface area (Å²) in [6.45, 7) is 0. The van der Waals surface area contributed by atoms with Crippen LogP contribution < -0.4 is 0 Å². The third-order valence-corrected chi connectivity index (χ3v) is 7.68. The maximum absolute atomic E-state index is 11.1. The number of carbonyl (C=O) groups is 6. The third kappa shape index (κ3) is 9.54. The summed E-state index contributed by atoms with van der Waals surface area (Å²) >= 11 is 0. The van der Waals surface area contributed by atoms with Gasteiger partial charge in [-0.25, -0.2) is 0 Å². The SMILES string of the molecule is O=C(O)CCC(CC(=O)O)(C(=O)O)P(=O)(O)O.O=C(O)CCC(CC(=O)O)(C(=O)O)P(=O)(O)O. The van der Waals surface area contributed by atoms with Gasteiger partial charge in [0.1, 0.15) is 0 Å². The van der Waals surface area contributed by atoms with Gasteiger partial charge in [0.2, 0.25) is 0 Å². The van der Waals surface area contributed by atoms with Crippen LogP contribution in [0.3, 0.4) is 0 Å². The molecule has 0 rings (SSSR count). The number of carboxylic acid groups (broad SMARTS) is 6. The summed E-state index contributed by atoms with van der Waals surface area (Å²) in [6.07, 6.45) is -6.34. The monoisotopic (exact) mass is 540 g/mol. The molecule has 0 aliphatic heterocycles. The van der Waals surface area contributed by atoms with Crippen molar-refractivity contribution >= 4 is 51.0 Å². The second-order valence-electron chi connectivity index (χ2n) is 6.69. The molecule has 20 heteroatoms. The fourth-order valence-electron chi connectivity index (χ4n) is 2.42. The Labute approximate surface area is 188 Å². The van der Waals surface area contributed by atoms with Gasteiger partial charge >= 0.3 is 51.0 Å². The molecule has 0 aromatic rings. The lowest BCUT2D eigenvalue weighted by Crippen LogP contribution is -2.41. The summed E-state index contributed by atoms with van der Waals surface area (Å²) in [7, 11) is -10.6. The van der Waals surface area contributed by atoms with E-state index in [1.54, 1.807) is 0 Å². The van der Waals surface area contributed by atoms with Gasteiger partial charge in [-0.15, -0.1) is 0 Å². The topological polar surface area (TPSA) is 339 Å². The van der Waals surface area contributed by atoms with Crippen LogP contribution in [0, 0.1) is 0 Å². The first-order valence-corrected chi connectivity index (χ1v) is 11.7. The van der Waals surface area contributed by atoms with Crippen LogP contribution in [0.25, 0.3) is 0 Å². The van der Waals surface area contributed by atoms with Gasteiger partial charge in [-0.1, -0.05) is 0 Å². The van der Waals surface area contributed by atoms with E-state index in [9.17, 15) is 37.9 Å². The van der Waals surface area contributed by atoms with E-state index in [0.717, 1.165) is 0 Å². The van der Waals surface area contributed by atoms with Crippen LogP contribution in [0.15, 0.2) is 0 Å². The molecule has 0 amide bonds. The smallest absolute Gasteiger partial charge is 0.343 e. The Morgan fingerprint density at radius 3 is 0.853 bits per heavy atom. The molecule has 0 bridgehead atoms. The molecule has 0 aromatic carbocycles. The van der Waals surface area contributed by atoms with E-state index >= 15 is 0 Å². The Balaban J connectivity index is 0. The molecule has 0 saturated carbocycles. The van der Waals surface area contributed by atoms with Crippen molar-refractivity contribution in [2.24, 2.45) is 0 Å². The van der Waals surface area contributed by atoms with Crippen LogP contribution in [0.5, 0.6) is 0 Å². The van der Waals surface area contributed by atoms with E-state index in [0.29, 0.717) is 0 Å². The molecule has 18 nitrogen and oxygen atoms in total. The lowest BCUT2D eigenvalue weighted by atomic mass is 9.98. The van der Waals surface area contributed by atoms with Gasteiger partial charge in [0, 0.05) is 12.8 Å². The van der Waals surface area contributed by atoms with Gasteiger partial charge in [0.15, 0.2) is 10.3 Å². The number of hydrogen-bond donors (Lipinski definition) is 10. The van der Waals surface area contributed by atoms with Crippen molar-refractivity contribution in [1.82, 2.24) is 0 Å². The number of aliphatic carboxylic acids is 6. The molecule has 0 fully saturated rings. The molecule has 196 valence electrons. The standard InChI is InChI=1S/2C7H11O9P/c2*8-4(9)1-2-7(6(12)13,3-5(10)11)17(14,15)16/h2*1-3H2,(H,8,9)(H,10,11)(H,12,13)(H2,14,15,16). The van der Waals surface area contributed by atoms with Crippen LogP contribution in [0.1, 0.15) is 38.5 Å². The minimum atomic E-state index is -5.32. The average Bonchev–Trinajstić information content (AvgIpc) is 2.59. The first kappa shape index (κ1) is 33.3. The number of hydrogen-bond acceptors (Lipinski definition) is 8. The Morgan fingerprint density at radius 2 is 0.735 bits per heavy atom. The van der Waals surface area contributed by atoms with Gasteiger partial charge < -0.3 is 50.2 Å². The quantitative estimate of drug-likeness (QED) is 0.114. The van der Waals surface area contributed by atoms with Gasteiger partial charge in [-0.3, -0.25) is 37.9 Å². The fraction of sp³-hybridized carbons (Fsp3) is 0.571. The highest BCUT2D eigenvalue weighted by Crippen LogP contribution is 2.56. The highest BCUT2D eigenvalue weighted by Gasteiger charge is 2.56. The third-order valence-electron chi connectivity index (χ3n) is 4.30. The predicted molar refractivity (Wildman–Crippen MR) is 103 cm³/mol. The van der Waals surface area contributed by atoms with Crippen LogP contribution in [0.2, 0.25) is 0 Å². The molecule has 0 saturated heterocycles. The molecule has 0 heterocycles. The van der Waals surface area contributed by atoms with Crippen LogP contribution >= 0.6 is 15.2 Å². The molecular formula is C14H22O18P2. The molecule has 0 spiro atoms. The average molecular weight is 540 g/mol. The van der Waals surface area contributed by atoms with Crippen molar-refractivity contribution < 1.29 is 88.1 Å². The van der Waals surface area contributed by atoms with Crippen LogP contribution in [-0.2, 0) is 37.9 Å². The number of rotatable bonds is 14. The fourth-order valence-corrected chi connectivity index (χ4v) is 4.40. The minimum Gasteiger partial charge on any atom is -0.481 e. The largest absolute Gasteiger partial charge is 0.481 e. The zero-order valence-corrected chi connectivity index (χ0v) is 18.7. The molecule has 0 aliphatic carbocycles. The maximum atomic E-state index is 11.1. The van der Waals surface area contributed by atoms with E-state index < -0.39 is 99.8 Å². The van der Waals surface area contributed by atoms with Gasteiger partial charge in [0.25, 0.3) is 0 Å². The first-order chi connectivity index (χ1) is 15.1. The van der Waals surface area contributed by atoms with E-state index in [4.69, 9.17) is 50.2 Å². The molecule has 34 heavy (non-hydrogen) atoms. The van der Waals surface area contributed by atoms with E-state index in [1.807, 2.05) is 0 Å². The summed E-state index contributed by atoms with van der Waals surface area (Å²) < 4.78 is 22.2. The van der Waals surface area contributed by atoms with Gasteiger partial charge in [-0.2, -0.15) is 0 Å². The summed E-state index contributed by atoms with van der Waals surface area (Å²) in [4.78, 5) is 99.0. The molecule has 0 aliphatic rings. The maximum Gasteiger partial charge on any atom is 0.343 e. The Morgan fingerprint density at radius 1 is 0.500 bits per heavy atom. The predicted octanol–water partition coefficient (Wildman–Crippen LogP) is -1.35. The minimum absolute atomic E-state index is 0.856. The second kappa shape index (κ2) is 12.5. The summed E-state index contributed by atoms with van der Waals surface area (Å²) in [5.41, 5.74) is 0. The molecule has 10 N–H and O–H groups in total. The van der Waals surface area contributed by atoms with Crippen molar-refractivity contribution in [1.29, 1.82) is 0 Å². The first-order valence-electron chi connectivity index (χ1n) is 8.51. The van der Waals surface area contributed by atoms with Crippen LogP contribution in [0.4, 0.5) is 0 Å². The van der Waals surface area contributed by atoms with Crippen molar-refractivity contribution in [2.45, 2.75) is 48.8 Å². The summed E-state index contributed by atoms with van der Waals surface area (Å²) in [5.74, 6) is -10.5. The molecule has 0 radical (unpaired) electrons. The number of carboxylic acids is 6. The van der Waals surface area contributed by atoms with Gasteiger partial charge in [0.05, 0.1) is 12.8 Å². The summed E-state index contributed by atoms with van der Waals surface area (Å²) in [5, 5.41) is 45.4. The van der Waals surface area contributed by atoms with Crippen LogP contribution in [-0.4, -0.2) is 96.3 Å². The zero-order chi connectivity index (χ0) is 27.7. The molecule has 0 aromatic heterocycles. The lowest BCUT2D eigenvalue weighted by Gasteiger charge is -2.27. The Kier molecular flexibility index (Phi) is 12.3. The van der Waals surface area contributed by atoms with E-state index in [2.05, 4.69) is 0 Å².